The highest BCUT2D eigenvalue weighted by molar-refractivity contribution is 8.00. The van der Waals surface area contributed by atoms with Gasteiger partial charge in [0.05, 0.1) is 34.4 Å². The van der Waals surface area contributed by atoms with Crippen molar-refractivity contribution in [3.63, 3.8) is 0 Å². The highest BCUT2D eigenvalue weighted by atomic mass is 32.2. The van der Waals surface area contributed by atoms with Gasteiger partial charge in [-0.05, 0) is 31.9 Å². The Morgan fingerprint density at radius 1 is 1.30 bits per heavy atom. The first kappa shape index (κ1) is 21.9. The molecule has 2 amide bonds. The number of amides is 2. The molecule has 1 saturated carbocycles. The maximum Gasteiger partial charge on any atom is 0.253 e. The molecular weight excluding hydrogens is 400 g/mol. The van der Waals surface area contributed by atoms with Crippen LogP contribution in [0.15, 0.2) is 27.8 Å². The van der Waals surface area contributed by atoms with E-state index in [4.69, 9.17) is 4.42 Å². The summed E-state index contributed by atoms with van der Waals surface area (Å²) < 4.78 is 5.50. The van der Waals surface area contributed by atoms with E-state index in [1.165, 1.54) is 37.9 Å². The molecule has 30 heavy (non-hydrogen) atoms. The standard InChI is InChI=1S/C22H26N4O3S/c1-14-19(21(28)24-2)20(17-10-7-11-29-17)16(12-23)22(25-14)30-13-18(27)26-15-8-5-3-4-6-9-15/h7,10-11,15H,3-6,8-9,13H2,1-2H3,(H,24,28)(H,26,27). The van der Waals surface area contributed by atoms with Crippen molar-refractivity contribution in [1.29, 1.82) is 5.26 Å². The van der Waals surface area contributed by atoms with E-state index in [-0.39, 0.29) is 29.2 Å². The van der Waals surface area contributed by atoms with E-state index in [1.807, 2.05) is 0 Å². The lowest BCUT2D eigenvalue weighted by Gasteiger charge is -2.17. The van der Waals surface area contributed by atoms with Gasteiger partial charge in [0, 0.05) is 13.1 Å². The van der Waals surface area contributed by atoms with Crippen molar-refractivity contribution >= 4 is 23.6 Å². The molecule has 8 heteroatoms. The number of hydrogen-bond donors (Lipinski definition) is 2. The number of aryl methyl sites for hydroxylation is 1. The molecule has 0 saturated heterocycles. The predicted octanol–water partition coefficient (Wildman–Crippen LogP) is 3.81. The van der Waals surface area contributed by atoms with E-state index in [9.17, 15) is 14.9 Å². The van der Waals surface area contributed by atoms with Crippen molar-refractivity contribution in [2.75, 3.05) is 12.8 Å². The summed E-state index contributed by atoms with van der Waals surface area (Å²) in [6.45, 7) is 1.72. The molecule has 1 fully saturated rings. The number of carbonyl (C=O) groups excluding carboxylic acids is 2. The quantitative estimate of drug-likeness (QED) is 0.537. The summed E-state index contributed by atoms with van der Waals surface area (Å²) in [5.74, 6) is 0.172. The van der Waals surface area contributed by atoms with Crippen LogP contribution >= 0.6 is 11.8 Å². The predicted molar refractivity (Wildman–Crippen MR) is 115 cm³/mol. The molecule has 2 aromatic rings. The molecule has 7 nitrogen and oxygen atoms in total. The molecule has 0 atom stereocenters. The number of nitrogens with zero attached hydrogens (tertiary/aromatic N) is 2. The van der Waals surface area contributed by atoms with Gasteiger partial charge >= 0.3 is 0 Å². The number of pyridine rings is 1. The molecule has 0 spiro atoms. The topological polar surface area (TPSA) is 108 Å². The number of nitrogens with one attached hydrogen (secondary N) is 2. The molecule has 1 aliphatic rings. The molecule has 2 heterocycles. The molecule has 2 N–H and O–H groups in total. The summed E-state index contributed by atoms with van der Waals surface area (Å²) in [5.41, 5.74) is 1.42. The average Bonchev–Trinajstić information content (AvgIpc) is 3.16. The summed E-state index contributed by atoms with van der Waals surface area (Å²) in [7, 11) is 1.53. The van der Waals surface area contributed by atoms with Crippen molar-refractivity contribution in [2.45, 2.75) is 56.5 Å². The van der Waals surface area contributed by atoms with Gasteiger partial charge in [-0.2, -0.15) is 5.26 Å². The van der Waals surface area contributed by atoms with E-state index in [2.05, 4.69) is 21.7 Å². The maximum absolute atomic E-state index is 12.5. The molecule has 0 aromatic carbocycles. The largest absolute Gasteiger partial charge is 0.464 e. The SMILES string of the molecule is CNC(=O)c1c(C)nc(SCC(=O)NC2CCCCCC2)c(C#N)c1-c1ccco1. The number of aromatic nitrogens is 1. The van der Waals surface area contributed by atoms with Gasteiger partial charge < -0.3 is 15.1 Å². The lowest BCUT2D eigenvalue weighted by atomic mass is 9.99. The lowest BCUT2D eigenvalue weighted by Crippen LogP contribution is -2.35. The zero-order valence-electron chi connectivity index (χ0n) is 17.3. The fourth-order valence-corrected chi connectivity index (χ4v) is 4.63. The lowest BCUT2D eigenvalue weighted by molar-refractivity contribution is -0.119. The van der Waals surface area contributed by atoms with Gasteiger partial charge in [0.25, 0.3) is 5.91 Å². The molecule has 0 unspecified atom stereocenters. The van der Waals surface area contributed by atoms with Gasteiger partial charge in [0.15, 0.2) is 0 Å². The van der Waals surface area contributed by atoms with E-state index < -0.39 is 0 Å². The molecule has 0 radical (unpaired) electrons. The Balaban J connectivity index is 1.85. The van der Waals surface area contributed by atoms with E-state index in [1.54, 1.807) is 19.1 Å². The molecule has 158 valence electrons. The summed E-state index contributed by atoms with van der Waals surface area (Å²) in [6.07, 6.45) is 8.26. The minimum Gasteiger partial charge on any atom is -0.464 e. The highest BCUT2D eigenvalue weighted by Gasteiger charge is 2.25. The first-order valence-corrected chi connectivity index (χ1v) is 11.2. The Bertz CT molecular complexity index is 942. The molecule has 1 aliphatic carbocycles. The normalized spacial score (nSPS) is 14.6. The Hall–Kier alpha value is -2.79. The van der Waals surface area contributed by atoms with Gasteiger partial charge in [0.1, 0.15) is 16.9 Å². The van der Waals surface area contributed by atoms with Gasteiger partial charge in [-0.25, -0.2) is 4.98 Å². The smallest absolute Gasteiger partial charge is 0.253 e. The average molecular weight is 427 g/mol. The third-order valence-electron chi connectivity index (χ3n) is 5.24. The number of carbonyl (C=O) groups is 2. The summed E-state index contributed by atoms with van der Waals surface area (Å²) in [6, 6.07) is 5.78. The fraction of sp³-hybridized carbons (Fsp3) is 0.455. The van der Waals surface area contributed by atoms with Crippen LogP contribution in [0.1, 0.15) is 60.1 Å². The molecular formula is C22H26N4O3S. The Labute approximate surface area is 180 Å². The van der Waals surface area contributed by atoms with Crippen LogP contribution in [0.2, 0.25) is 0 Å². The van der Waals surface area contributed by atoms with E-state index in [0.29, 0.717) is 27.6 Å². The van der Waals surface area contributed by atoms with Gasteiger partial charge in [-0.3, -0.25) is 9.59 Å². The van der Waals surface area contributed by atoms with Crippen LogP contribution in [-0.4, -0.2) is 35.6 Å². The number of rotatable bonds is 6. The first-order chi connectivity index (χ1) is 14.5. The number of furan rings is 1. The highest BCUT2D eigenvalue weighted by Crippen LogP contribution is 2.35. The van der Waals surface area contributed by atoms with Crippen LogP contribution < -0.4 is 10.6 Å². The van der Waals surface area contributed by atoms with E-state index >= 15 is 0 Å². The minimum absolute atomic E-state index is 0.0647. The van der Waals surface area contributed by atoms with Crippen molar-refractivity contribution in [3.8, 4) is 17.4 Å². The van der Waals surface area contributed by atoms with Crippen LogP contribution in [0.3, 0.4) is 0 Å². The zero-order valence-corrected chi connectivity index (χ0v) is 18.1. The second-order valence-electron chi connectivity index (χ2n) is 7.34. The van der Waals surface area contributed by atoms with Gasteiger partial charge in [0.2, 0.25) is 5.91 Å². The number of nitriles is 1. The Morgan fingerprint density at radius 3 is 2.63 bits per heavy atom. The van der Waals surface area contributed by atoms with Gasteiger partial charge in [-0.1, -0.05) is 37.4 Å². The van der Waals surface area contributed by atoms with Crippen LogP contribution in [0, 0.1) is 18.3 Å². The third kappa shape index (κ3) is 5.03. The second-order valence-corrected chi connectivity index (χ2v) is 8.30. The molecule has 2 aromatic heterocycles. The maximum atomic E-state index is 12.5. The van der Waals surface area contributed by atoms with Crippen LogP contribution in [0.5, 0.6) is 0 Å². The van der Waals surface area contributed by atoms with Crippen molar-refractivity contribution in [3.05, 3.63) is 35.2 Å². The third-order valence-corrected chi connectivity index (χ3v) is 6.21. The summed E-state index contributed by atoms with van der Waals surface area (Å²) in [4.78, 5) is 29.4. The molecule has 3 rings (SSSR count). The molecule has 0 bridgehead atoms. The van der Waals surface area contributed by atoms with Crippen LogP contribution in [0.25, 0.3) is 11.3 Å². The van der Waals surface area contributed by atoms with Crippen LogP contribution in [-0.2, 0) is 4.79 Å². The number of hydrogen-bond acceptors (Lipinski definition) is 6. The van der Waals surface area contributed by atoms with Crippen LogP contribution in [0.4, 0.5) is 0 Å². The summed E-state index contributed by atoms with van der Waals surface area (Å²) >= 11 is 1.21. The Kier molecular flexibility index (Phi) is 7.52. The van der Waals surface area contributed by atoms with Crippen molar-refractivity contribution < 1.29 is 14.0 Å². The Morgan fingerprint density at radius 2 is 2.03 bits per heavy atom. The fourth-order valence-electron chi connectivity index (χ4n) is 3.78. The van der Waals surface area contributed by atoms with Crippen molar-refractivity contribution in [1.82, 2.24) is 15.6 Å². The van der Waals surface area contributed by atoms with Crippen molar-refractivity contribution in [2.24, 2.45) is 0 Å². The van der Waals surface area contributed by atoms with E-state index in [0.717, 1.165) is 25.7 Å². The van der Waals surface area contributed by atoms with Gasteiger partial charge in [-0.15, -0.1) is 0 Å². The number of thioether (sulfide) groups is 1. The summed E-state index contributed by atoms with van der Waals surface area (Å²) in [5, 5.41) is 16.0. The first-order valence-electron chi connectivity index (χ1n) is 10.2. The monoisotopic (exact) mass is 426 g/mol. The molecule has 0 aliphatic heterocycles. The second kappa shape index (κ2) is 10.3. The zero-order chi connectivity index (χ0) is 21.5. The minimum atomic E-state index is -0.342.